The van der Waals surface area contributed by atoms with Crippen molar-refractivity contribution in [1.29, 1.82) is 0 Å². The van der Waals surface area contributed by atoms with Gasteiger partial charge in [-0.25, -0.2) is 9.78 Å². The Morgan fingerprint density at radius 1 is 0.917 bits per heavy atom. The number of benzene rings is 4. The van der Waals surface area contributed by atoms with Gasteiger partial charge in [0.1, 0.15) is 11.1 Å². The van der Waals surface area contributed by atoms with E-state index < -0.39 is 11.5 Å². The molecule has 0 N–H and O–H groups in total. The number of thiazole rings is 1. The molecule has 0 aliphatic heterocycles. The van der Waals surface area contributed by atoms with Gasteiger partial charge < -0.3 is 4.42 Å². The number of hydrogen-bond acceptors (Lipinski definition) is 5. The van der Waals surface area contributed by atoms with Gasteiger partial charge in [-0.05, 0) is 46.5 Å². The smallest absolute Gasteiger partial charge is 0.349 e. The van der Waals surface area contributed by atoms with Gasteiger partial charge in [-0.1, -0.05) is 91.1 Å². The van der Waals surface area contributed by atoms with Gasteiger partial charge in [0.05, 0.1) is 16.8 Å². The number of nitrogens with zero attached hydrogens (tertiary/aromatic N) is 2. The Balaban J connectivity index is 1.52. The van der Waals surface area contributed by atoms with Crippen LogP contribution in [0.5, 0.6) is 0 Å². The number of rotatable bonds is 5. The molecule has 1 amide bonds. The lowest BCUT2D eigenvalue weighted by Crippen LogP contribution is -2.33. The lowest BCUT2D eigenvalue weighted by atomic mass is 10.0. The number of aromatic nitrogens is 1. The highest BCUT2D eigenvalue weighted by molar-refractivity contribution is 7.22. The molecule has 0 unspecified atom stereocenters. The zero-order valence-electron chi connectivity index (χ0n) is 19.6. The highest BCUT2D eigenvalue weighted by atomic mass is 32.1. The van der Waals surface area contributed by atoms with Crippen molar-refractivity contribution in [2.75, 3.05) is 4.90 Å². The van der Waals surface area contributed by atoms with Crippen molar-refractivity contribution < 1.29 is 9.21 Å². The van der Waals surface area contributed by atoms with E-state index in [-0.39, 0.29) is 12.1 Å². The molecule has 0 atom stereocenters. The molecule has 6 rings (SSSR count). The summed E-state index contributed by atoms with van der Waals surface area (Å²) < 4.78 is 6.64. The monoisotopic (exact) mass is 490 g/mol. The van der Waals surface area contributed by atoms with Crippen molar-refractivity contribution in [3.63, 3.8) is 0 Å². The minimum atomic E-state index is -0.656. The van der Waals surface area contributed by atoms with Gasteiger partial charge in [-0.2, -0.15) is 0 Å². The second-order valence-electron chi connectivity index (χ2n) is 8.64. The molecule has 0 aliphatic carbocycles. The minimum Gasteiger partial charge on any atom is -0.422 e. The number of hydrogen-bond donors (Lipinski definition) is 0. The highest BCUT2D eigenvalue weighted by Gasteiger charge is 2.26. The quantitative estimate of drug-likeness (QED) is 0.193. The zero-order chi connectivity index (χ0) is 24.6. The summed E-state index contributed by atoms with van der Waals surface area (Å²) in [5, 5.41) is 3.22. The Morgan fingerprint density at radius 2 is 1.72 bits per heavy atom. The largest absolute Gasteiger partial charge is 0.422 e. The van der Waals surface area contributed by atoms with Gasteiger partial charge >= 0.3 is 5.63 Å². The first-order chi connectivity index (χ1) is 17.6. The normalized spacial score (nSPS) is 11.4. The van der Waals surface area contributed by atoms with Crippen LogP contribution in [0.3, 0.4) is 0 Å². The number of para-hydroxylation sites is 1. The lowest BCUT2D eigenvalue weighted by Gasteiger charge is -2.20. The molecule has 6 heteroatoms. The summed E-state index contributed by atoms with van der Waals surface area (Å²) in [6.07, 6.45) is 0.842. The van der Waals surface area contributed by atoms with Crippen LogP contribution in [0.2, 0.25) is 0 Å². The van der Waals surface area contributed by atoms with E-state index in [1.165, 1.54) is 11.3 Å². The van der Waals surface area contributed by atoms with Crippen molar-refractivity contribution in [1.82, 2.24) is 4.98 Å². The van der Waals surface area contributed by atoms with E-state index in [1.807, 2.05) is 72.8 Å². The van der Waals surface area contributed by atoms with E-state index in [4.69, 9.17) is 9.40 Å². The molecule has 0 fully saturated rings. The average molecular weight is 491 g/mol. The number of carbonyl (C=O) groups excluding carboxylic acids is 1. The molecule has 0 saturated heterocycles. The highest BCUT2D eigenvalue weighted by Crippen LogP contribution is 2.33. The fourth-order valence-corrected chi connectivity index (χ4v) is 5.56. The second kappa shape index (κ2) is 9.06. The van der Waals surface area contributed by atoms with Gasteiger partial charge in [0.25, 0.3) is 5.91 Å². The van der Waals surface area contributed by atoms with Crippen LogP contribution in [0.4, 0.5) is 5.13 Å². The van der Waals surface area contributed by atoms with Gasteiger partial charge in [-0.15, -0.1) is 0 Å². The van der Waals surface area contributed by atoms with E-state index in [2.05, 4.69) is 13.0 Å². The third-order valence-electron chi connectivity index (χ3n) is 6.40. The lowest BCUT2D eigenvalue weighted by molar-refractivity contribution is 0.0981. The van der Waals surface area contributed by atoms with E-state index in [1.54, 1.807) is 17.0 Å². The molecule has 2 aromatic heterocycles. The molecule has 2 heterocycles. The predicted octanol–water partition coefficient (Wildman–Crippen LogP) is 6.97. The molecule has 0 bridgehead atoms. The van der Waals surface area contributed by atoms with Crippen molar-refractivity contribution in [2.45, 2.75) is 19.9 Å². The number of fused-ring (bicyclic) bond motifs is 4. The summed E-state index contributed by atoms with van der Waals surface area (Å²) >= 11 is 1.45. The topological polar surface area (TPSA) is 63.4 Å². The third-order valence-corrected chi connectivity index (χ3v) is 7.45. The van der Waals surface area contributed by atoms with E-state index in [9.17, 15) is 9.59 Å². The zero-order valence-corrected chi connectivity index (χ0v) is 20.4. The Morgan fingerprint density at radius 3 is 2.56 bits per heavy atom. The molecule has 0 saturated carbocycles. The molecular formula is C30H22N2O3S. The van der Waals surface area contributed by atoms with Crippen LogP contribution in [0.15, 0.2) is 100 Å². The van der Waals surface area contributed by atoms with Crippen molar-refractivity contribution >= 4 is 54.3 Å². The molecule has 6 aromatic rings. The Labute approximate surface area is 211 Å². The number of carbonyl (C=O) groups is 1. The summed E-state index contributed by atoms with van der Waals surface area (Å²) in [5.41, 5.74) is 2.75. The maximum Gasteiger partial charge on any atom is 0.349 e. The van der Waals surface area contributed by atoms with Crippen LogP contribution < -0.4 is 10.5 Å². The summed E-state index contributed by atoms with van der Waals surface area (Å²) in [7, 11) is 0. The van der Waals surface area contributed by atoms with Gasteiger partial charge in [0, 0.05) is 5.39 Å². The fraction of sp³-hybridized carbons (Fsp3) is 0.100. The molecular weight excluding hydrogens is 468 g/mol. The fourth-order valence-electron chi connectivity index (χ4n) is 4.55. The number of aryl methyl sites for hydroxylation is 1. The SMILES string of the molecule is CCc1cccc2sc(N(Cc3ccccc3)C(=O)c3cc4c(ccc5ccccc54)oc3=O)nc12. The molecule has 4 aromatic carbocycles. The Kier molecular flexibility index (Phi) is 5.58. The Bertz CT molecular complexity index is 1800. The van der Waals surface area contributed by atoms with Crippen LogP contribution in [0, 0.1) is 0 Å². The van der Waals surface area contributed by atoms with Crippen LogP contribution in [0.1, 0.15) is 28.4 Å². The molecule has 36 heavy (non-hydrogen) atoms. The number of anilines is 1. The molecule has 0 aliphatic rings. The van der Waals surface area contributed by atoms with E-state index in [0.29, 0.717) is 10.7 Å². The van der Waals surface area contributed by atoms with E-state index >= 15 is 0 Å². The third kappa shape index (κ3) is 3.85. The summed E-state index contributed by atoms with van der Waals surface area (Å²) in [4.78, 5) is 33.5. The minimum absolute atomic E-state index is 0.00949. The Hall–Kier alpha value is -4.29. The summed E-state index contributed by atoms with van der Waals surface area (Å²) in [6, 6.07) is 29.0. The second-order valence-corrected chi connectivity index (χ2v) is 9.65. The van der Waals surface area contributed by atoms with Crippen molar-refractivity contribution in [2.24, 2.45) is 0 Å². The van der Waals surface area contributed by atoms with Gasteiger partial charge in [-0.3, -0.25) is 9.69 Å². The molecule has 0 spiro atoms. The van der Waals surface area contributed by atoms with Crippen LogP contribution >= 0.6 is 11.3 Å². The van der Waals surface area contributed by atoms with Gasteiger partial charge in [0.15, 0.2) is 5.13 Å². The molecule has 0 radical (unpaired) electrons. The van der Waals surface area contributed by atoms with E-state index in [0.717, 1.165) is 43.9 Å². The van der Waals surface area contributed by atoms with Crippen molar-refractivity contribution in [3.05, 3.63) is 118 Å². The number of amides is 1. The summed E-state index contributed by atoms with van der Waals surface area (Å²) in [6.45, 7) is 2.37. The van der Waals surface area contributed by atoms with Crippen LogP contribution in [-0.4, -0.2) is 10.9 Å². The average Bonchev–Trinajstić information content (AvgIpc) is 3.35. The molecule has 5 nitrogen and oxygen atoms in total. The maximum atomic E-state index is 14.0. The first-order valence-electron chi connectivity index (χ1n) is 11.8. The maximum absolute atomic E-state index is 14.0. The first-order valence-corrected chi connectivity index (χ1v) is 12.6. The summed E-state index contributed by atoms with van der Waals surface area (Å²) in [5.74, 6) is -0.431. The standard InChI is InChI=1S/C30H22N2O3S/c1-2-20-12-8-14-26-27(20)31-30(36-26)32(18-19-9-4-3-5-10-19)28(33)24-17-23-22-13-7-6-11-21(22)15-16-25(23)35-29(24)34/h3-17H,2,18H2,1H3. The van der Waals surface area contributed by atoms with Crippen LogP contribution in [0.25, 0.3) is 32.0 Å². The first kappa shape index (κ1) is 22.2. The van der Waals surface area contributed by atoms with Crippen LogP contribution in [-0.2, 0) is 13.0 Å². The predicted molar refractivity (Wildman–Crippen MR) is 146 cm³/mol. The molecule has 176 valence electrons. The van der Waals surface area contributed by atoms with Crippen molar-refractivity contribution in [3.8, 4) is 0 Å². The van der Waals surface area contributed by atoms with Gasteiger partial charge in [0.2, 0.25) is 0 Å².